The third kappa shape index (κ3) is 5.75. The van der Waals surface area contributed by atoms with Crippen LogP contribution in [0.5, 0.6) is 0 Å². The predicted molar refractivity (Wildman–Crippen MR) is 127 cm³/mol. The van der Waals surface area contributed by atoms with Crippen molar-refractivity contribution in [1.82, 2.24) is 9.80 Å². The SMILES string of the molecule is Cc1ccc(C(O)(c2ccc(C)cc2)C2CCN(CCCCC(=O)N(C)C)CC2)cc1. The van der Waals surface area contributed by atoms with E-state index in [9.17, 15) is 9.90 Å². The second-order valence-electron chi connectivity index (χ2n) is 9.36. The summed E-state index contributed by atoms with van der Waals surface area (Å²) in [6.45, 7) is 7.18. The molecule has 1 N–H and O–H groups in total. The summed E-state index contributed by atoms with van der Waals surface area (Å²) in [5, 5.41) is 12.1. The Morgan fingerprint density at radius 1 is 0.935 bits per heavy atom. The normalized spacial score (nSPS) is 15.8. The van der Waals surface area contributed by atoms with E-state index in [2.05, 4.69) is 67.3 Å². The van der Waals surface area contributed by atoms with Crippen LogP contribution in [0.25, 0.3) is 0 Å². The van der Waals surface area contributed by atoms with Crippen molar-refractivity contribution in [2.75, 3.05) is 33.7 Å². The Kier molecular flexibility index (Phi) is 7.90. The van der Waals surface area contributed by atoms with E-state index in [-0.39, 0.29) is 11.8 Å². The van der Waals surface area contributed by atoms with Gasteiger partial charge in [0.2, 0.25) is 5.91 Å². The Labute approximate surface area is 187 Å². The number of hydrogen-bond donors (Lipinski definition) is 1. The van der Waals surface area contributed by atoms with Gasteiger partial charge in [-0.1, -0.05) is 59.7 Å². The van der Waals surface area contributed by atoms with Crippen molar-refractivity contribution in [3.63, 3.8) is 0 Å². The predicted octanol–water partition coefficient (Wildman–Crippen LogP) is 4.51. The zero-order valence-corrected chi connectivity index (χ0v) is 19.6. The maximum Gasteiger partial charge on any atom is 0.222 e. The first-order valence-electron chi connectivity index (χ1n) is 11.6. The molecule has 0 aliphatic carbocycles. The molecule has 0 saturated carbocycles. The first kappa shape index (κ1) is 23.5. The lowest BCUT2D eigenvalue weighted by Crippen LogP contribution is -2.44. The number of carbonyl (C=O) groups excluding carboxylic acids is 1. The molecule has 168 valence electrons. The third-order valence-corrected chi connectivity index (χ3v) is 6.78. The van der Waals surface area contributed by atoms with Crippen LogP contribution in [0.15, 0.2) is 48.5 Å². The van der Waals surface area contributed by atoms with Crippen LogP contribution in [0.4, 0.5) is 0 Å². The Morgan fingerprint density at radius 2 is 1.42 bits per heavy atom. The van der Waals surface area contributed by atoms with Crippen molar-refractivity contribution in [3.05, 3.63) is 70.8 Å². The van der Waals surface area contributed by atoms with Crippen molar-refractivity contribution in [3.8, 4) is 0 Å². The number of aliphatic hydroxyl groups is 1. The molecule has 1 amide bonds. The van der Waals surface area contributed by atoms with Crippen LogP contribution in [-0.2, 0) is 10.4 Å². The van der Waals surface area contributed by atoms with Gasteiger partial charge in [-0.15, -0.1) is 0 Å². The highest BCUT2D eigenvalue weighted by molar-refractivity contribution is 5.75. The molecule has 2 aromatic rings. The molecule has 0 unspecified atom stereocenters. The lowest BCUT2D eigenvalue weighted by atomic mass is 9.72. The lowest BCUT2D eigenvalue weighted by Gasteiger charge is -2.42. The highest BCUT2D eigenvalue weighted by atomic mass is 16.3. The van der Waals surface area contributed by atoms with E-state index in [1.807, 2.05) is 14.1 Å². The zero-order chi connectivity index (χ0) is 22.4. The first-order chi connectivity index (χ1) is 14.8. The van der Waals surface area contributed by atoms with Crippen LogP contribution in [0.2, 0.25) is 0 Å². The topological polar surface area (TPSA) is 43.8 Å². The fraction of sp³-hybridized carbons (Fsp3) is 0.519. The molecule has 1 heterocycles. The van der Waals surface area contributed by atoms with Crippen LogP contribution in [-0.4, -0.2) is 54.5 Å². The minimum atomic E-state index is -0.967. The number of likely N-dealkylation sites (tertiary alicyclic amines) is 1. The van der Waals surface area contributed by atoms with Gasteiger partial charge >= 0.3 is 0 Å². The summed E-state index contributed by atoms with van der Waals surface area (Å²) >= 11 is 0. The molecule has 0 atom stereocenters. The number of amides is 1. The van der Waals surface area contributed by atoms with Gasteiger partial charge in [-0.3, -0.25) is 4.79 Å². The van der Waals surface area contributed by atoms with Crippen LogP contribution < -0.4 is 0 Å². The molecule has 31 heavy (non-hydrogen) atoms. The molecule has 1 aliphatic rings. The zero-order valence-electron chi connectivity index (χ0n) is 19.6. The smallest absolute Gasteiger partial charge is 0.222 e. The molecule has 4 nitrogen and oxygen atoms in total. The average Bonchev–Trinajstić information content (AvgIpc) is 2.77. The highest BCUT2D eigenvalue weighted by Gasteiger charge is 2.41. The number of unbranched alkanes of at least 4 members (excludes halogenated alkanes) is 1. The summed E-state index contributed by atoms with van der Waals surface area (Å²) in [6.07, 6.45) is 4.55. The summed E-state index contributed by atoms with van der Waals surface area (Å²) in [6, 6.07) is 16.7. The van der Waals surface area contributed by atoms with Gasteiger partial charge in [0.05, 0.1) is 0 Å². The molecule has 3 rings (SSSR count). The molecular weight excluding hydrogens is 384 g/mol. The van der Waals surface area contributed by atoms with Gasteiger partial charge in [0.25, 0.3) is 0 Å². The van der Waals surface area contributed by atoms with Gasteiger partial charge < -0.3 is 14.9 Å². The number of aryl methyl sites for hydroxylation is 2. The Hall–Kier alpha value is -2.17. The fourth-order valence-electron chi connectivity index (χ4n) is 4.66. The van der Waals surface area contributed by atoms with Gasteiger partial charge in [0.15, 0.2) is 0 Å². The number of rotatable bonds is 8. The van der Waals surface area contributed by atoms with E-state index >= 15 is 0 Å². The summed E-state index contributed by atoms with van der Waals surface area (Å²) < 4.78 is 0. The van der Waals surface area contributed by atoms with Crippen molar-refractivity contribution < 1.29 is 9.90 Å². The molecular formula is C27H38N2O2. The summed E-state index contributed by atoms with van der Waals surface area (Å²) in [4.78, 5) is 15.9. The second-order valence-corrected chi connectivity index (χ2v) is 9.36. The Morgan fingerprint density at radius 3 is 1.87 bits per heavy atom. The number of piperidine rings is 1. The molecule has 0 bridgehead atoms. The van der Waals surface area contributed by atoms with Crippen molar-refractivity contribution in [2.45, 2.75) is 51.6 Å². The largest absolute Gasteiger partial charge is 0.380 e. The quantitative estimate of drug-likeness (QED) is 0.637. The highest BCUT2D eigenvalue weighted by Crippen LogP contribution is 2.42. The summed E-state index contributed by atoms with van der Waals surface area (Å²) in [7, 11) is 3.63. The minimum absolute atomic E-state index is 0.185. The van der Waals surface area contributed by atoms with E-state index in [1.165, 1.54) is 11.1 Å². The van der Waals surface area contributed by atoms with Gasteiger partial charge in [0, 0.05) is 20.5 Å². The molecule has 1 aliphatic heterocycles. The van der Waals surface area contributed by atoms with Crippen LogP contribution in [0.3, 0.4) is 0 Å². The van der Waals surface area contributed by atoms with Crippen LogP contribution in [0, 0.1) is 19.8 Å². The molecule has 0 spiro atoms. The summed E-state index contributed by atoms with van der Waals surface area (Å²) in [5.74, 6) is 0.393. The number of hydrogen-bond acceptors (Lipinski definition) is 3. The van der Waals surface area contributed by atoms with Crippen molar-refractivity contribution in [2.24, 2.45) is 5.92 Å². The van der Waals surface area contributed by atoms with Crippen LogP contribution >= 0.6 is 0 Å². The standard InChI is InChI=1S/C27H38N2O2/c1-21-8-12-23(13-9-21)27(31,24-14-10-22(2)11-15-24)25-16-19-29(20-17-25)18-6-5-7-26(30)28(3)4/h8-15,25,31H,5-7,16-20H2,1-4H3. The van der Waals surface area contributed by atoms with Crippen molar-refractivity contribution >= 4 is 5.91 Å². The monoisotopic (exact) mass is 422 g/mol. The van der Waals surface area contributed by atoms with Gasteiger partial charge in [0.1, 0.15) is 5.60 Å². The second kappa shape index (κ2) is 10.4. The van der Waals surface area contributed by atoms with E-state index < -0.39 is 5.60 Å². The number of nitrogens with zero attached hydrogens (tertiary/aromatic N) is 2. The Balaban J connectivity index is 1.66. The average molecular weight is 423 g/mol. The van der Waals surface area contributed by atoms with Crippen molar-refractivity contribution in [1.29, 1.82) is 0 Å². The summed E-state index contributed by atoms with van der Waals surface area (Å²) in [5.41, 5.74) is 3.42. The lowest BCUT2D eigenvalue weighted by molar-refractivity contribution is -0.128. The van der Waals surface area contributed by atoms with Gasteiger partial charge in [-0.05, 0) is 76.2 Å². The molecule has 0 aromatic heterocycles. The number of benzene rings is 2. The van der Waals surface area contributed by atoms with E-state index in [0.717, 1.165) is 56.4 Å². The van der Waals surface area contributed by atoms with E-state index in [1.54, 1.807) is 4.90 Å². The van der Waals surface area contributed by atoms with Gasteiger partial charge in [-0.25, -0.2) is 0 Å². The maximum atomic E-state index is 12.1. The third-order valence-electron chi connectivity index (χ3n) is 6.78. The molecule has 0 radical (unpaired) electrons. The first-order valence-corrected chi connectivity index (χ1v) is 11.6. The number of carbonyl (C=O) groups is 1. The van der Waals surface area contributed by atoms with Gasteiger partial charge in [-0.2, -0.15) is 0 Å². The molecule has 4 heteroatoms. The van der Waals surface area contributed by atoms with E-state index in [0.29, 0.717) is 6.42 Å². The van der Waals surface area contributed by atoms with Crippen LogP contribution in [0.1, 0.15) is 54.4 Å². The minimum Gasteiger partial charge on any atom is -0.380 e. The van der Waals surface area contributed by atoms with E-state index in [4.69, 9.17) is 0 Å². The molecule has 1 saturated heterocycles. The molecule has 1 fully saturated rings. The Bertz CT molecular complexity index is 789. The fourth-order valence-corrected chi connectivity index (χ4v) is 4.66. The maximum absolute atomic E-state index is 12.1. The molecule has 2 aromatic carbocycles.